The normalized spacial score (nSPS) is 39.0. The molecule has 1 atom stereocenters. The van der Waals surface area contributed by atoms with Crippen molar-refractivity contribution in [1.29, 1.82) is 0 Å². The smallest absolute Gasteiger partial charge is 0.180 e. The fourth-order valence-electron chi connectivity index (χ4n) is 9.13. The minimum absolute atomic E-state index is 0.0506. The summed E-state index contributed by atoms with van der Waals surface area (Å²) in [5.74, 6) is 2.89. The third-order valence-electron chi connectivity index (χ3n) is 9.72. The summed E-state index contributed by atoms with van der Waals surface area (Å²) < 4.78 is 2.92. The van der Waals surface area contributed by atoms with E-state index in [0.717, 1.165) is 24.2 Å². The van der Waals surface area contributed by atoms with Gasteiger partial charge in [-0.25, -0.2) is 4.58 Å². The monoisotopic (exact) mass is 408 g/mol. The maximum absolute atomic E-state index is 2.92. The van der Waals surface area contributed by atoms with Crippen LogP contribution in [0.2, 0.25) is 0 Å². The van der Waals surface area contributed by atoms with Gasteiger partial charge in [-0.2, -0.15) is 0 Å². The molecular formula is C30H34N+. The maximum Gasteiger partial charge on any atom is 0.180 e. The van der Waals surface area contributed by atoms with E-state index in [2.05, 4.69) is 85.3 Å². The molecule has 1 heterocycles. The zero-order valence-corrected chi connectivity index (χ0v) is 19.0. The van der Waals surface area contributed by atoms with Crippen LogP contribution in [0.15, 0.2) is 66.2 Å². The van der Waals surface area contributed by atoms with E-state index in [4.69, 9.17) is 0 Å². The quantitative estimate of drug-likeness (QED) is 0.405. The molecule has 0 saturated heterocycles. The standard InChI is InChI=1S/C30H34N/c1-28(2)27-13-12-24-8-6-7-11-26(24)30(27,25-9-4-3-5-10-25)20-31(28)29-17-21-14-22(18-29)16-23(15-21)19-29/h3-11,13,20-23H,12,14-19H2,1-2H3/q+1/t21?,22?,23?,29?,30-/m1/s1. The van der Waals surface area contributed by atoms with Crippen molar-refractivity contribution in [1.82, 2.24) is 0 Å². The molecule has 0 radical (unpaired) electrons. The van der Waals surface area contributed by atoms with Gasteiger partial charge in [0.05, 0.1) is 0 Å². The van der Waals surface area contributed by atoms with Crippen molar-refractivity contribution in [2.45, 2.75) is 75.3 Å². The summed E-state index contributed by atoms with van der Waals surface area (Å²) in [5.41, 5.74) is 6.35. The highest BCUT2D eigenvalue weighted by molar-refractivity contribution is 5.86. The first kappa shape index (κ1) is 18.4. The van der Waals surface area contributed by atoms with E-state index in [0.29, 0.717) is 5.54 Å². The Hall–Kier alpha value is -2.15. The van der Waals surface area contributed by atoms with Crippen molar-refractivity contribution in [3.63, 3.8) is 0 Å². The Morgan fingerprint density at radius 3 is 2.06 bits per heavy atom. The Morgan fingerprint density at radius 2 is 1.39 bits per heavy atom. The van der Waals surface area contributed by atoms with Crippen molar-refractivity contribution in [3.8, 4) is 0 Å². The molecule has 0 unspecified atom stereocenters. The molecular weight excluding hydrogens is 374 g/mol. The molecule has 1 nitrogen and oxygen atoms in total. The first-order valence-corrected chi connectivity index (χ1v) is 12.5. The van der Waals surface area contributed by atoms with Gasteiger partial charge in [-0.3, -0.25) is 0 Å². The molecule has 0 aromatic heterocycles. The minimum Gasteiger partial charge on any atom is -0.224 e. The Kier molecular flexibility index (Phi) is 3.57. The van der Waals surface area contributed by atoms with Gasteiger partial charge in [0.15, 0.2) is 17.3 Å². The van der Waals surface area contributed by atoms with Crippen molar-refractivity contribution in [3.05, 3.63) is 82.9 Å². The number of nitrogens with zero attached hydrogens (tertiary/aromatic N) is 1. The van der Waals surface area contributed by atoms with Gasteiger partial charge in [-0.1, -0.05) is 60.7 Å². The number of benzene rings is 2. The summed E-state index contributed by atoms with van der Waals surface area (Å²) in [5, 5.41) is 0. The molecule has 6 aliphatic rings. The lowest BCUT2D eigenvalue weighted by atomic mass is 9.52. The average molecular weight is 409 g/mol. The highest BCUT2D eigenvalue weighted by Gasteiger charge is 2.66. The number of fused-ring (bicyclic) bond motifs is 3. The highest BCUT2D eigenvalue weighted by atomic mass is 15.2. The van der Waals surface area contributed by atoms with Crippen LogP contribution < -0.4 is 0 Å². The Bertz CT molecular complexity index is 1080. The predicted octanol–water partition coefficient (Wildman–Crippen LogP) is 6.30. The highest BCUT2D eigenvalue weighted by Crippen LogP contribution is 2.61. The van der Waals surface area contributed by atoms with Crippen LogP contribution >= 0.6 is 0 Å². The molecule has 4 bridgehead atoms. The lowest BCUT2D eigenvalue weighted by Crippen LogP contribution is -2.60. The Labute approximate surface area is 186 Å². The van der Waals surface area contributed by atoms with E-state index in [9.17, 15) is 0 Å². The molecule has 0 spiro atoms. The summed E-state index contributed by atoms with van der Waals surface area (Å²) >= 11 is 0. The van der Waals surface area contributed by atoms with E-state index >= 15 is 0 Å². The Balaban J connectivity index is 1.50. The summed E-state index contributed by atoms with van der Waals surface area (Å²) in [7, 11) is 0. The van der Waals surface area contributed by atoms with Gasteiger partial charge in [0, 0.05) is 38.7 Å². The molecule has 4 saturated carbocycles. The fourth-order valence-corrected chi connectivity index (χ4v) is 9.13. The van der Waals surface area contributed by atoms with E-state index in [1.807, 2.05) is 0 Å². The molecule has 4 fully saturated rings. The molecule has 2 aromatic rings. The summed E-state index contributed by atoms with van der Waals surface area (Å²) in [4.78, 5) is 0. The predicted molar refractivity (Wildman–Crippen MR) is 127 cm³/mol. The molecule has 2 aromatic carbocycles. The minimum atomic E-state index is -0.122. The van der Waals surface area contributed by atoms with Gasteiger partial charge in [0.25, 0.3) is 0 Å². The zero-order valence-electron chi connectivity index (χ0n) is 19.0. The molecule has 8 rings (SSSR count). The van der Waals surface area contributed by atoms with Crippen molar-refractivity contribution in [2.24, 2.45) is 17.8 Å². The SMILES string of the molecule is CC1(C)C2=CCc3ccccc3[C@]2(c2ccccc2)C=[N+]1C12CC3CC(CC(C3)C1)C2. The maximum atomic E-state index is 2.92. The molecule has 5 aliphatic carbocycles. The van der Waals surface area contributed by atoms with E-state index in [-0.39, 0.29) is 11.0 Å². The molecule has 31 heavy (non-hydrogen) atoms. The van der Waals surface area contributed by atoms with Gasteiger partial charge in [-0.15, -0.1) is 0 Å². The number of hydrogen-bond donors (Lipinski definition) is 0. The van der Waals surface area contributed by atoms with Crippen LogP contribution in [0.3, 0.4) is 0 Å². The van der Waals surface area contributed by atoms with E-state index in [1.165, 1.54) is 55.2 Å². The van der Waals surface area contributed by atoms with Crippen LogP contribution in [-0.4, -0.2) is 21.9 Å². The van der Waals surface area contributed by atoms with Crippen LogP contribution in [-0.2, 0) is 11.8 Å². The second-order valence-electron chi connectivity index (χ2n) is 11.9. The van der Waals surface area contributed by atoms with Crippen LogP contribution in [0.5, 0.6) is 0 Å². The first-order chi connectivity index (χ1) is 15.0. The average Bonchev–Trinajstić information content (AvgIpc) is 3.02. The molecule has 1 heteroatoms. The third-order valence-corrected chi connectivity index (χ3v) is 9.72. The first-order valence-electron chi connectivity index (χ1n) is 12.5. The van der Waals surface area contributed by atoms with Crippen LogP contribution in [0.25, 0.3) is 0 Å². The molecule has 158 valence electrons. The largest absolute Gasteiger partial charge is 0.224 e. The van der Waals surface area contributed by atoms with Crippen molar-refractivity contribution >= 4 is 6.21 Å². The second-order valence-corrected chi connectivity index (χ2v) is 11.9. The van der Waals surface area contributed by atoms with Crippen LogP contribution in [0.1, 0.15) is 69.1 Å². The van der Waals surface area contributed by atoms with Gasteiger partial charge >= 0.3 is 0 Å². The molecule has 0 N–H and O–H groups in total. The third kappa shape index (κ3) is 2.31. The van der Waals surface area contributed by atoms with Gasteiger partial charge in [-0.05, 0) is 60.1 Å². The lowest BCUT2D eigenvalue weighted by molar-refractivity contribution is -0.667. The number of hydrogen-bond acceptors (Lipinski definition) is 0. The fraction of sp³-hybridized carbons (Fsp3) is 0.500. The molecule has 0 amide bonds. The lowest BCUT2D eigenvalue weighted by Gasteiger charge is -2.55. The van der Waals surface area contributed by atoms with Crippen LogP contribution in [0.4, 0.5) is 0 Å². The van der Waals surface area contributed by atoms with Gasteiger partial charge in [0.2, 0.25) is 0 Å². The molecule has 1 aliphatic heterocycles. The van der Waals surface area contributed by atoms with Crippen molar-refractivity contribution < 1.29 is 4.58 Å². The van der Waals surface area contributed by atoms with Gasteiger partial charge in [0.1, 0.15) is 5.41 Å². The second kappa shape index (κ2) is 6.00. The summed E-state index contributed by atoms with van der Waals surface area (Å²) in [6.45, 7) is 5.04. The Morgan fingerprint density at radius 1 is 0.774 bits per heavy atom. The zero-order chi connectivity index (χ0) is 20.8. The summed E-state index contributed by atoms with van der Waals surface area (Å²) in [6, 6.07) is 20.6. The number of allylic oxidation sites excluding steroid dienone is 1. The summed E-state index contributed by atoms with van der Waals surface area (Å²) in [6.07, 6.45) is 15.1. The van der Waals surface area contributed by atoms with Crippen LogP contribution in [0, 0.1) is 17.8 Å². The van der Waals surface area contributed by atoms with Gasteiger partial charge < -0.3 is 0 Å². The van der Waals surface area contributed by atoms with E-state index < -0.39 is 0 Å². The van der Waals surface area contributed by atoms with E-state index in [1.54, 1.807) is 5.57 Å². The van der Waals surface area contributed by atoms with Crippen molar-refractivity contribution in [2.75, 3.05) is 0 Å². The number of rotatable bonds is 2. The topological polar surface area (TPSA) is 3.01 Å².